The second-order valence-electron chi connectivity index (χ2n) is 8.08. The number of furan rings is 1. The summed E-state index contributed by atoms with van der Waals surface area (Å²) in [5, 5.41) is 7.22. The normalized spacial score (nSPS) is 13.4. The molecule has 1 aromatic heterocycles. The minimum Gasteiger partial charge on any atom is -0.451 e. The lowest BCUT2D eigenvalue weighted by Crippen LogP contribution is -2.48. The Morgan fingerprint density at radius 2 is 1.67 bits per heavy atom. The first-order chi connectivity index (χ1) is 17.2. The van der Waals surface area contributed by atoms with Crippen LogP contribution in [0.5, 0.6) is 0 Å². The number of hydrogen-bond donors (Lipinski definition) is 2. The summed E-state index contributed by atoms with van der Waals surface area (Å²) in [6.45, 7) is 4.47. The van der Waals surface area contributed by atoms with E-state index in [0.29, 0.717) is 64.7 Å². The highest BCUT2D eigenvalue weighted by atomic mass is 35.5. The van der Waals surface area contributed by atoms with Gasteiger partial charge in [-0.1, -0.05) is 41.7 Å². The van der Waals surface area contributed by atoms with E-state index in [9.17, 15) is 9.59 Å². The molecule has 1 aliphatic heterocycles. The summed E-state index contributed by atoms with van der Waals surface area (Å²) in [4.78, 5) is 28.8. The Balaban J connectivity index is 1.42. The molecule has 4 rings (SSSR count). The topological polar surface area (TPSA) is 77.8 Å². The van der Waals surface area contributed by atoms with E-state index in [2.05, 4.69) is 15.5 Å². The molecule has 0 radical (unpaired) electrons. The maximum Gasteiger partial charge on any atom is 0.293 e. The number of nitrogens with one attached hydrogen (secondary N) is 2. The smallest absolute Gasteiger partial charge is 0.293 e. The average molecular weight is 566 g/mol. The lowest BCUT2D eigenvalue weighted by Gasteiger charge is -2.37. The number of thiocarbonyl (C=S) groups is 1. The number of carbonyl (C=O) groups is 2. The van der Waals surface area contributed by atoms with Crippen molar-refractivity contribution in [2.24, 2.45) is 0 Å². The summed E-state index contributed by atoms with van der Waals surface area (Å²) in [7, 11) is 0. The molecule has 0 atom stereocenters. The second-order valence-corrected chi connectivity index (χ2v) is 9.77. The summed E-state index contributed by atoms with van der Waals surface area (Å²) in [5.74, 6) is 0.133. The Bertz CT molecular complexity index is 1310. The van der Waals surface area contributed by atoms with Crippen LogP contribution in [0.15, 0.2) is 52.9 Å². The van der Waals surface area contributed by atoms with Crippen molar-refractivity contribution < 1.29 is 14.0 Å². The zero-order chi connectivity index (χ0) is 25.8. The van der Waals surface area contributed by atoms with Gasteiger partial charge in [0.1, 0.15) is 5.76 Å². The van der Waals surface area contributed by atoms with Crippen LogP contribution in [0.2, 0.25) is 15.1 Å². The fourth-order valence-electron chi connectivity index (χ4n) is 3.92. The van der Waals surface area contributed by atoms with Gasteiger partial charge in [-0.2, -0.15) is 0 Å². The number of hydrogen-bond acceptors (Lipinski definition) is 5. The van der Waals surface area contributed by atoms with Crippen LogP contribution in [-0.2, 0) is 4.79 Å². The molecule has 11 heteroatoms. The highest BCUT2D eigenvalue weighted by molar-refractivity contribution is 7.80. The van der Waals surface area contributed by atoms with Gasteiger partial charge in [-0.05, 0) is 60.7 Å². The van der Waals surface area contributed by atoms with E-state index in [0.717, 1.165) is 5.69 Å². The van der Waals surface area contributed by atoms with E-state index in [1.807, 2.05) is 17.9 Å². The van der Waals surface area contributed by atoms with E-state index in [1.165, 1.54) is 0 Å². The molecule has 0 bridgehead atoms. The lowest BCUT2D eigenvalue weighted by molar-refractivity contribution is -0.131. The number of anilines is 2. The largest absolute Gasteiger partial charge is 0.451 e. The van der Waals surface area contributed by atoms with E-state index in [1.54, 1.807) is 42.5 Å². The molecule has 3 aromatic rings. The molecule has 0 saturated carbocycles. The molecular formula is C25H23Cl3N4O3S. The van der Waals surface area contributed by atoms with E-state index < -0.39 is 5.91 Å². The van der Waals surface area contributed by atoms with Gasteiger partial charge in [0.25, 0.3) is 5.91 Å². The maximum absolute atomic E-state index is 12.8. The molecule has 36 heavy (non-hydrogen) atoms. The molecule has 0 aliphatic carbocycles. The van der Waals surface area contributed by atoms with Crippen LogP contribution in [0.25, 0.3) is 11.3 Å². The van der Waals surface area contributed by atoms with Gasteiger partial charge in [0.15, 0.2) is 10.9 Å². The number of carbonyl (C=O) groups excluding carboxylic acids is 2. The minimum atomic E-state index is -0.515. The van der Waals surface area contributed by atoms with Crippen molar-refractivity contribution in [3.05, 3.63) is 69.4 Å². The first-order valence-corrected chi connectivity index (χ1v) is 12.8. The van der Waals surface area contributed by atoms with Crippen LogP contribution in [0.3, 0.4) is 0 Å². The molecule has 2 amide bonds. The van der Waals surface area contributed by atoms with Crippen LogP contribution in [-0.4, -0.2) is 48.0 Å². The Kier molecular flexibility index (Phi) is 8.41. The van der Waals surface area contributed by atoms with Gasteiger partial charge in [-0.3, -0.25) is 14.9 Å². The van der Waals surface area contributed by atoms with Gasteiger partial charge in [0, 0.05) is 48.2 Å². The predicted molar refractivity (Wildman–Crippen MR) is 148 cm³/mol. The molecule has 0 unspecified atom stereocenters. The maximum atomic E-state index is 12.8. The fourth-order valence-corrected chi connectivity index (χ4v) is 4.79. The second kappa shape index (κ2) is 11.5. The van der Waals surface area contributed by atoms with E-state index in [4.69, 9.17) is 51.4 Å². The summed E-state index contributed by atoms with van der Waals surface area (Å²) in [6.07, 6.45) is 0.492. The number of halogens is 3. The van der Waals surface area contributed by atoms with Crippen molar-refractivity contribution in [2.45, 2.75) is 13.3 Å². The average Bonchev–Trinajstić information content (AvgIpc) is 3.34. The number of amides is 2. The third-order valence-electron chi connectivity index (χ3n) is 5.74. The lowest BCUT2D eigenvalue weighted by atomic mass is 10.2. The number of benzene rings is 2. The monoisotopic (exact) mass is 564 g/mol. The summed E-state index contributed by atoms with van der Waals surface area (Å²) in [6, 6.07) is 13.6. The molecule has 1 fully saturated rings. The SMILES string of the molecule is CCC(=O)N1CCN(c2ccc(Cl)cc2NC(=S)NC(=O)c2ccc(-c3ccc(Cl)cc3Cl)o2)CC1. The summed E-state index contributed by atoms with van der Waals surface area (Å²) >= 11 is 23.8. The number of rotatable bonds is 5. The number of piperazine rings is 1. The Labute approximate surface area is 229 Å². The first-order valence-electron chi connectivity index (χ1n) is 11.2. The first kappa shape index (κ1) is 26.3. The fraction of sp³-hybridized carbons (Fsp3) is 0.240. The van der Waals surface area contributed by atoms with Crippen molar-refractivity contribution in [1.29, 1.82) is 0 Å². The molecule has 2 heterocycles. The van der Waals surface area contributed by atoms with E-state index in [-0.39, 0.29) is 16.8 Å². The molecule has 1 saturated heterocycles. The molecule has 2 N–H and O–H groups in total. The predicted octanol–water partition coefficient (Wildman–Crippen LogP) is 6.09. The van der Waals surface area contributed by atoms with Crippen molar-refractivity contribution in [3.8, 4) is 11.3 Å². The van der Waals surface area contributed by atoms with Crippen LogP contribution in [0.4, 0.5) is 11.4 Å². The van der Waals surface area contributed by atoms with Gasteiger partial charge in [-0.15, -0.1) is 0 Å². The molecule has 2 aromatic carbocycles. The van der Waals surface area contributed by atoms with Crippen molar-refractivity contribution >= 4 is 75.3 Å². The minimum absolute atomic E-state index is 0.0724. The Morgan fingerprint density at radius 1 is 0.972 bits per heavy atom. The highest BCUT2D eigenvalue weighted by Gasteiger charge is 2.23. The Hall–Kier alpha value is -2.78. The van der Waals surface area contributed by atoms with Gasteiger partial charge in [-0.25, -0.2) is 0 Å². The van der Waals surface area contributed by atoms with Crippen LogP contribution in [0, 0.1) is 0 Å². The highest BCUT2D eigenvalue weighted by Crippen LogP contribution is 2.32. The number of nitrogens with zero attached hydrogens (tertiary/aromatic N) is 2. The third kappa shape index (κ3) is 6.13. The van der Waals surface area contributed by atoms with Crippen LogP contribution >= 0.6 is 47.0 Å². The van der Waals surface area contributed by atoms with Gasteiger partial charge < -0.3 is 19.5 Å². The van der Waals surface area contributed by atoms with Gasteiger partial charge >= 0.3 is 0 Å². The van der Waals surface area contributed by atoms with Crippen molar-refractivity contribution in [1.82, 2.24) is 10.2 Å². The molecule has 0 spiro atoms. The van der Waals surface area contributed by atoms with Crippen molar-refractivity contribution in [2.75, 3.05) is 36.4 Å². The van der Waals surface area contributed by atoms with Gasteiger partial charge in [0.2, 0.25) is 5.91 Å². The Morgan fingerprint density at radius 3 is 2.36 bits per heavy atom. The standard InChI is InChI=1S/C25H23Cl3N4O3S/c1-2-23(33)32-11-9-31(10-12-32)20-6-4-16(27)14-19(20)29-25(36)30-24(34)22-8-7-21(35-22)17-5-3-15(26)13-18(17)28/h3-8,13-14H,2,9-12H2,1H3,(H2,29,30,34,36). The third-order valence-corrected chi connectivity index (χ3v) is 6.72. The van der Waals surface area contributed by atoms with Crippen LogP contribution < -0.4 is 15.5 Å². The van der Waals surface area contributed by atoms with Gasteiger partial charge in [0.05, 0.1) is 16.4 Å². The zero-order valence-electron chi connectivity index (χ0n) is 19.3. The quantitative estimate of drug-likeness (QED) is 0.365. The summed E-state index contributed by atoms with van der Waals surface area (Å²) in [5.41, 5.74) is 2.14. The van der Waals surface area contributed by atoms with Crippen LogP contribution in [0.1, 0.15) is 23.9 Å². The summed E-state index contributed by atoms with van der Waals surface area (Å²) < 4.78 is 5.69. The van der Waals surface area contributed by atoms with Crippen molar-refractivity contribution in [3.63, 3.8) is 0 Å². The molecular weight excluding hydrogens is 543 g/mol. The van der Waals surface area contributed by atoms with E-state index >= 15 is 0 Å². The molecule has 7 nitrogen and oxygen atoms in total. The zero-order valence-corrected chi connectivity index (χ0v) is 22.4. The molecule has 1 aliphatic rings. The molecule has 188 valence electrons.